The van der Waals surface area contributed by atoms with E-state index < -0.39 is 0 Å². The van der Waals surface area contributed by atoms with Gasteiger partial charge in [0.15, 0.2) is 11.5 Å². The molecule has 5 heteroatoms. The van der Waals surface area contributed by atoms with Gasteiger partial charge < -0.3 is 24.4 Å². The van der Waals surface area contributed by atoms with Crippen molar-refractivity contribution in [2.24, 2.45) is 5.92 Å². The molecule has 0 amide bonds. The maximum atomic E-state index is 13.9. The van der Waals surface area contributed by atoms with Crippen molar-refractivity contribution in [2.75, 3.05) is 27.3 Å². The number of methoxy groups -OCH3 is 2. The first-order valence-corrected chi connectivity index (χ1v) is 9.63. The fourth-order valence-corrected chi connectivity index (χ4v) is 4.29. The molecule has 1 aliphatic carbocycles. The molecular formula is C22H27NO4. The zero-order valence-electron chi connectivity index (χ0n) is 16.0. The highest BCUT2D eigenvalue weighted by molar-refractivity contribution is 5.43. The highest BCUT2D eigenvalue weighted by Gasteiger charge is 2.40. The number of fused-ring (bicyclic) bond motifs is 1. The molecule has 0 saturated heterocycles. The van der Waals surface area contributed by atoms with Gasteiger partial charge in [-0.05, 0) is 54.3 Å². The smallest absolute Gasteiger partial charge is 0.160 e. The average molecular weight is 369 g/mol. The number of benzene rings is 2. The summed E-state index contributed by atoms with van der Waals surface area (Å²) in [7, 11) is 3.21. The van der Waals surface area contributed by atoms with Crippen molar-refractivity contribution in [2.45, 2.75) is 31.7 Å². The summed E-state index contributed by atoms with van der Waals surface area (Å²) in [5.74, 6) is 1.97. The number of hydrogen-bond donors (Lipinski definition) is 1. The Balaban J connectivity index is 1.69. The first-order valence-electron chi connectivity index (χ1n) is 9.63. The molecule has 2 aromatic rings. The van der Waals surface area contributed by atoms with E-state index in [4.69, 9.17) is 9.47 Å². The summed E-state index contributed by atoms with van der Waals surface area (Å²) in [4.78, 5) is 0. The Morgan fingerprint density at radius 2 is 1.93 bits per heavy atom. The Labute approximate surface area is 160 Å². The van der Waals surface area contributed by atoms with Gasteiger partial charge in [-0.3, -0.25) is 0 Å². The Morgan fingerprint density at radius 1 is 1.11 bits per heavy atom. The third-order valence-corrected chi connectivity index (χ3v) is 5.97. The zero-order chi connectivity index (χ0) is 19.0. The molecule has 2 aromatic carbocycles. The van der Waals surface area contributed by atoms with Gasteiger partial charge in [-0.15, -0.1) is 0 Å². The Bertz CT molecular complexity index is 833. The van der Waals surface area contributed by atoms with Crippen molar-refractivity contribution in [3.8, 4) is 17.2 Å². The second-order valence-electron chi connectivity index (χ2n) is 7.84. The van der Waals surface area contributed by atoms with E-state index >= 15 is 0 Å². The first-order chi connectivity index (χ1) is 13.0. The van der Waals surface area contributed by atoms with Gasteiger partial charge in [-0.2, -0.15) is 0 Å². The van der Waals surface area contributed by atoms with Gasteiger partial charge in [0.05, 0.1) is 27.3 Å². The molecule has 0 aromatic heterocycles. The van der Waals surface area contributed by atoms with Crippen molar-refractivity contribution in [3.05, 3.63) is 58.3 Å². The molecule has 2 atom stereocenters. The standard InChI is InChI=1S/C22H27NO4/c1-26-18-6-7-19-17(13-18)9-10-23(25,14-15-3-4-15)20(19)11-16-5-8-22(27-2)21(24)12-16/h5-8,12-13,15,20,24H,3-4,9-11,14H2,1-2H3/t20-,23-/m0/s1. The predicted molar refractivity (Wildman–Crippen MR) is 104 cm³/mol. The van der Waals surface area contributed by atoms with Crippen LogP contribution in [0, 0.1) is 11.1 Å². The second kappa shape index (κ2) is 7.06. The molecule has 1 N–H and O–H groups in total. The van der Waals surface area contributed by atoms with Crippen LogP contribution in [-0.2, 0) is 12.8 Å². The van der Waals surface area contributed by atoms with Gasteiger partial charge in [0.1, 0.15) is 11.8 Å². The molecule has 5 nitrogen and oxygen atoms in total. The van der Waals surface area contributed by atoms with Crippen LogP contribution in [0.15, 0.2) is 36.4 Å². The van der Waals surface area contributed by atoms with Crippen molar-refractivity contribution in [1.29, 1.82) is 0 Å². The monoisotopic (exact) mass is 369 g/mol. The van der Waals surface area contributed by atoms with Crippen LogP contribution < -0.4 is 9.47 Å². The van der Waals surface area contributed by atoms with E-state index in [0.29, 0.717) is 31.2 Å². The lowest BCUT2D eigenvalue weighted by Crippen LogP contribution is -2.51. The normalized spacial score (nSPS) is 24.3. The number of phenolic OH excluding ortho intramolecular Hbond substituents is 1. The van der Waals surface area contributed by atoms with Gasteiger partial charge in [0, 0.05) is 24.3 Å². The average Bonchev–Trinajstić information content (AvgIpc) is 3.47. The lowest BCUT2D eigenvalue weighted by molar-refractivity contribution is -0.915. The quantitative estimate of drug-likeness (QED) is 0.618. The van der Waals surface area contributed by atoms with Gasteiger partial charge in [-0.25, -0.2) is 0 Å². The molecule has 2 aliphatic rings. The minimum absolute atomic E-state index is 0.118. The molecule has 144 valence electrons. The number of aromatic hydroxyl groups is 1. The fraction of sp³-hybridized carbons (Fsp3) is 0.455. The number of ether oxygens (including phenoxy) is 2. The molecular weight excluding hydrogens is 342 g/mol. The lowest BCUT2D eigenvalue weighted by Gasteiger charge is -2.52. The first kappa shape index (κ1) is 18.1. The molecule has 1 fully saturated rings. The molecule has 4 rings (SSSR count). The SMILES string of the molecule is COc1ccc2c(c1)CC[N@+]([O-])(CC1CC1)[C@H]2Cc1ccc(OC)c(O)c1. The van der Waals surface area contributed by atoms with Crippen LogP contribution in [0.1, 0.15) is 35.6 Å². The van der Waals surface area contributed by atoms with Crippen LogP contribution in [0.25, 0.3) is 0 Å². The van der Waals surface area contributed by atoms with E-state index in [0.717, 1.165) is 23.3 Å². The highest BCUT2D eigenvalue weighted by Crippen LogP contribution is 2.43. The van der Waals surface area contributed by atoms with E-state index in [-0.39, 0.29) is 16.4 Å². The topological polar surface area (TPSA) is 61.8 Å². The highest BCUT2D eigenvalue weighted by atomic mass is 16.5. The third kappa shape index (κ3) is 3.62. The fourth-order valence-electron chi connectivity index (χ4n) is 4.29. The summed E-state index contributed by atoms with van der Waals surface area (Å²) in [6.45, 7) is 1.29. The molecule has 0 spiro atoms. The molecule has 0 bridgehead atoms. The Hall–Kier alpha value is -2.24. The number of nitrogens with zero attached hydrogens (tertiary/aromatic N) is 1. The van der Waals surface area contributed by atoms with Crippen molar-refractivity contribution in [1.82, 2.24) is 0 Å². The van der Waals surface area contributed by atoms with E-state index in [1.54, 1.807) is 19.2 Å². The lowest BCUT2D eigenvalue weighted by atomic mass is 9.87. The van der Waals surface area contributed by atoms with Crippen LogP contribution >= 0.6 is 0 Å². The largest absolute Gasteiger partial charge is 0.632 e. The predicted octanol–water partition coefficient (Wildman–Crippen LogP) is 3.97. The van der Waals surface area contributed by atoms with E-state index in [1.807, 2.05) is 12.1 Å². The van der Waals surface area contributed by atoms with Crippen molar-refractivity contribution in [3.63, 3.8) is 0 Å². The van der Waals surface area contributed by atoms with E-state index in [1.165, 1.54) is 25.5 Å². The minimum Gasteiger partial charge on any atom is -0.632 e. The maximum Gasteiger partial charge on any atom is 0.160 e. The van der Waals surface area contributed by atoms with Gasteiger partial charge in [0.25, 0.3) is 0 Å². The summed E-state index contributed by atoms with van der Waals surface area (Å²) in [6.07, 6.45) is 3.74. The van der Waals surface area contributed by atoms with Crippen LogP contribution in [0.2, 0.25) is 0 Å². The summed E-state index contributed by atoms with van der Waals surface area (Å²) in [5.41, 5.74) is 3.28. The molecule has 0 unspecified atom stereocenters. The molecule has 27 heavy (non-hydrogen) atoms. The number of hydrogen-bond acceptors (Lipinski definition) is 4. The molecule has 0 radical (unpaired) electrons. The number of hydroxylamine groups is 3. The van der Waals surface area contributed by atoms with Gasteiger partial charge >= 0.3 is 0 Å². The van der Waals surface area contributed by atoms with Crippen molar-refractivity contribution >= 4 is 0 Å². The van der Waals surface area contributed by atoms with Crippen LogP contribution in [0.3, 0.4) is 0 Å². The van der Waals surface area contributed by atoms with Crippen LogP contribution in [0.4, 0.5) is 0 Å². The van der Waals surface area contributed by atoms with Crippen LogP contribution in [0.5, 0.6) is 17.2 Å². The molecule has 1 heterocycles. The number of quaternary nitrogens is 1. The number of rotatable bonds is 6. The Kier molecular flexibility index (Phi) is 4.74. The summed E-state index contributed by atoms with van der Waals surface area (Å²) in [6, 6.07) is 11.3. The number of phenols is 1. The van der Waals surface area contributed by atoms with E-state index in [9.17, 15) is 10.3 Å². The third-order valence-electron chi connectivity index (χ3n) is 5.97. The zero-order valence-corrected chi connectivity index (χ0v) is 16.0. The molecule has 1 saturated carbocycles. The van der Waals surface area contributed by atoms with Gasteiger partial charge in [-0.1, -0.05) is 6.07 Å². The minimum atomic E-state index is -0.170. The summed E-state index contributed by atoms with van der Waals surface area (Å²) in [5, 5.41) is 24.0. The summed E-state index contributed by atoms with van der Waals surface area (Å²) >= 11 is 0. The van der Waals surface area contributed by atoms with Crippen LogP contribution in [-0.4, -0.2) is 37.1 Å². The van der Waals surface area contributed by atoms with E-state index in [2.05, 4.69) is 12.1 Å². The molecule has 1 aliphatic heterocycles. The maximum absolute atomic E-state index is 13.9. The van der Waals surface area contributed by atoms with Crippen molar-refractivity contribution < 1.29 is 19.2 Å². The summed E-state index contributed by atoms with van der Waals surface area (Å²) < 4.78 is 10.3. The Morgan fingerprint density at radius 3 is 2.59 bits per heavy atom. The second-order valence-corrected chi connectivity index (χ2v) is 7.84. The van der Waals surface area contributed by atoms with Gasteiger partial charge in [0.2, 0.25) is 0 Å².